The van der Waals surface area contributed by atoms with Gasteiger partial charge in [0.25, 0.3) is 5.56 Å². The van der Waals surface area contributed by atoms with Crippen molar-refractivity contribution in [2.45, 2.75) is 13.3 Å². The van der Waals surface area contributed by atoms with Gasteiger partial charge in [0, 0.05) is 31.3 Å². The van der Waals surface area contributed by atoms with E-state index in [4.69, 9.17) is 0 Å². The number of hydrogen-bond acceptors (Lipinski definition) is 3. The van der Waals surface area contributed by atoms with Crippen LogP contribution in [0.25, 0.3) is 11.3 Å². The van der Waals surface area contributed by atoms with Crippen molar-refractivity contribution in [3.05, 3.63) is 46.0 Å². The van der Waals surface area contributed by atoms with E-state index in [0.717, 1.165) is 6.07 Å². The van der Waals surface area contributed by atoms with Gasteiger partial charge in [-0.1, -0.05) is 13.0 Å². The summed E-state index contributed by atoms with van der Waals surface area (Å²) in [6.45, 7) is 1.86. The highest BCUT2D eigenvalue weighted by Gasteiger charge is 2.13. The molecule has 0 spiro atoms. The highest BCUT2D eigenvalue weighted by molar-refractivity contribution is 5.68. The average Bonchev–Trinajstić information content (AvgIpc) is 2.37. The maximum atomic E-state index is 14.0. The molecule has 0 radical (unpaired) electrons. The summed E-state index contributed by atoms with van der Waals surface area (Å²) in [6, 6.07) is 5.86. The highest BCUT2D eigenvalue weighted by atomic mass is 19.1. The summed E-state index contributed by atoms with van der Waals surface area (Å²) < 4.78 is 14.0. The molecule has 0 saturated carbocycles. The highest BCUT2D eigenvalue weighted by Crippen LogP contribution is 2.29. The third kappa shape index (κ3) is 2.52. The van der Waals surface area contributed by atoms with Crippen LogP contribution in [0.1, 0.15) is 12.5 Å². The minimum atomic E-state index is -0.410. The molecule has 0 aliphatic rings. The molecule has 0 unspecified atom stereocenters. The fraction of sp³-hybridized carbons (Fsp3) is 0.267. The van der Waals surface area contributed by atoms with Gasteiger partial charge in [0.1, 0.15) is 11.6 Å². The number of rotatable bonds is 3. The van der Waals surface area contributed by atoms with Crippen molar-refractivity contribution in [1.82, 2.24) is 4.98 Å². The van der Waals surface area contributed by atoms with E-state index < -0.39 is 5.56 Å². The molecule has 1 aromatic heterocycles. The lowest BCUT2D eigenvalue weighted by atomic mass is 10.0. The minimum absolute atomic E-state index is 0.0663. The molecule has 0 atom stereocenters. The number of aromatic nitrogens is 1. The number of nitrogens with zero attached hydrogens (tertiary/aromatic N) is 1. The first-order valence-corrected chi connectivity index (χ1v) is 6.36. The fourth-order valence-electron chi connectivity index (χ4n) is 2.20. The monoisotopic (exact) mass is 276 g/mol. The molecule has 1 heterocycles. The predicted octanol–water partition coefficient (Wildman–Crippen LogP) is 2.52. The number of aromatic amines is 1. The zero-order valence-electron chi connectivity index (χ0n) is 11.7. The van der Waals surface area contributed by atoms with E-state index in [2.05, 4.69) is 4.98 Å². The smallest absolute Gasteiger partial charge is 0.252 e. The van der Waals surface area contributed by atoms with E-state index in [1.807, 2.05) is 6.92 Å². The lowest BCUT2D eigenvalue weighted by molar-refractivity contribution is 0.467. The lowest BCUT2D eigenvalue weighted by Crippen LogP contribution is -2.11. The van der Waals surface area contributed by atoms with E-state index in [0.29, 0.717) is 28.9 Å². The number of hydrogen-bond donors (Lipinski definition) is 2. The number of benzene rings is 1. The second-order valence-corrected chi connectivity index (χ2v) is 4.79. The second kappa shape index (κ2) is 5.36. The van der Waals surface area contributed by atoms with Gasteiger partial charge in [-0.15, -0.1) is 0 Å². The van der Waals surface area contributed by atoms with E-state index in [1.165, 1.54) is 6.07 Å². The van der Waals surface area contributed by atoms with Crippen molar-refractivity contribution in [3.63, 3.8) is 0 Å². The standard InChI is InChI=1S/C15H17FN2O2/c1-4-10-13(19)8-14(20)17-15(10)9-5-6-12(18(2)3)11(16)7-9/h5-8H,4H2,1-3H3,(H2,17,19,20). The number of pyridine rings is 1. The van der Waals surface area contributed by atoms with Crippen LogP contribution in [0.2, 0.25) is 0 Å². The molecule has 2 N–H and O–H groups in total. The molecular weight excluding hydrogens is 259 g/mol. The van der Waals surface area contributed by atoms with Crippen LogP contribution in [0.4, 0.5) is 10.1 Å². The van der Waals surface area contributed by atoms with Crippen molar-refractivity contribution < 1.29 is 9.50 Å². The van der Waals surface area contributed by atoms with Crippen molar-refractivity contribution >= 4 is 5.69 Å². The summed E-state index contributed by atoms with van der Waals surface area (Å²) in [6.07, 6.45) is 0.537. The van der Waals surface area contributed by atoms with Crippen LogP contribution in [-0.2, 0) is 6.42 Å². The van der Waals surface area contributed by atoms with Gasteiger partial charge in [0.2, 0.25) is 0 Å². The summed E-state index contributed by atoms with van der Waals surface area (Å²) in [5.41, 5.74) is 1.65. The molecule has 1 aromatic carbocycles. The quantitative estimate of drug-likeness (QED) is 0.905. The van der Waals surface area contributed by atoms with Crippen molar-refractivity contribution in [2.75, 3.05) is 19.0 Å². The van der Waals surface area contributed by atoms with Crippen molar-refractivity contribution in [1.29, 1.82) is 0 Å². The van der Waals surface area contributed by atoms with Gasteiger partial charge in [0.15, 0.2) is 0 Å². The van der Waals surface area contributed by atoms with Crippen molar-refractivity contribution in [2.24, 2.45) is 0 Å². The topological polar surface area (TPSA) is 56.3 Å². The first kappa shape index (κ1) is 14.1. The van der Waals surface area contributed by atoms with Crippen LogP contribution in [-0.4, -0.2) is 24.2 Å². The van der Waals surface area contributed by atoms with Crippen LogP contribution in [0.15, 0.2) is 29.1 Å². The minimum Gasteiger partial charge on any atom is -0.507 e. The SMILES string of the molecule is CCc1c(O)cc(=O)[nH]c1-c1ccc(N(C)C)c(F)c1. The molecule has 5 heteroatoms. The average molecular weight is 276 g/mol. The van der Waals surface area contributed by atoms with E-state index in [-0.39, 0.29) is 11.6 Å². The van der Waals surface area contributed by atoms with Crippen LogP contribution in [0.3, 0.4) is 0 Å². The van der Waals surface area contributed by atoms with Crippen molar-refractivity contribution in [3.8, 4) is 17.0 Å². The van der Waals surface area contributed by atoms with Gasteiger partial charge in [0.05, 0.1) is 11.4 Å². The molecular formula is C15H17FN2O2. The summed E-state index contributed by atoms with van der Waals surface area (Å²) in [5.74, 6) is -0.443. The van der Waals surface area contributed by atoms with Crippen LogP contribution in [0.5, 0.6) is 5.75 Å². The van der Waals surface area contributed by atoms with Gasteiger partial charge >= 0.3 is 0 Å². The first-order chi connectivity index (χ1) is 9.43. The number of halogens is 1. The lowest BCUT2D eigenvalue weighted by Gasteiger charge is -2.15. The van der Waals surface area contributed by atoms with Gasteiger partial charge in [-0.2, -0.15) is 0 Å². The maximum Gasteiger partial charge on any atom is 0.252 e. The van der Waals surface area contributed by atoms with Gasteiger partial charge in [-0.3, -0.25) is 4.79 Å². The molecule has 0 aliphatic heterocycles. The molecule has 0 bridgehead atoms. The zero-order valence-corrected chi connectivity index (χ0v) is 11.7. The van der Waals surface area contributed by atoms with E-state index >= 15 is 0 Å². The Kier molecular flexibility index (Phi) is 3.79. The zero-order chi connectivity index (χ0) is 14.9. The van der Waals surface area contributed by atoms with Gasteiger partial charge in [-0.25, -0.2) is 4.39 Å². The Bertz CT molecular complexity index is 693. The summed E-state index contributed by atoms with van der Waals surface area (Å²) >= 11 is 0. The number of nitrogens with one attached hydrogen (secondary N) is 1. The van der Waals surface area contributed by atoms with E-state index in [9.17, 15) is 14.3 Å². The van der Waals surface area contributed by atoms with Gasteiger partial charge < -0.3 is 15.0 Å². The molecule has 2 aromatic rings. The third-order valence-corrected chi connectivity index (χ3v) is 3.20. The Morgan fingerprint density at radius 1 is 1.30 bits per heavy atom. The number of anilines is 1. The molecule has 0 amide bonds. The summed E-state index contributed by atoms with van der Waals surface area (Å²) in [7, 11) is 3.51. The van der Waals surface area contributed by atoms with Crippen LogP contribution < -0.4 is 10.5 Å². The first-order valence-electron chi connectivity index (χ1n) is 6.36. The second-order valence-electron chi connectivity index (χ2n) is 4.79. The Morgan fingerprint density at radius 2 is 2.00 bits per heavy atom. The Morgan fingerprint density at radius 3 is 2.55 bits per heavy atom. The summed E-state index contributed by atoms with van der Waals surface area (Å²) in [5, 5.41) is 9.82. The van der Waals surface area contributed by atoms with Gasteiger partial charge in [-0.05, 0) is 18.6 Å². The number of aromatic hydroxyl groups is 1. The van der Waals surface area contributed by atoms with E-state index in [1.54, 1.807) is 31.1 Å². The largest absolute Gasteiger partial charge is 0.507 e. The Balaban J connectivity index is 2.63. The Labute approximate surface area is 116 Å². The molecule has 20 heavy (non-hydrogen) atoms. The fourth-order valence-corrected chi connectivity index (χ4v) is 2.20. The maximum absolute atomic E-state index is 14.0. The predicted molar refractivity (Wildman–Crippen MR) is 77.8 cm³/mol. The molecule has 4 nitrogen and oxygen atoms in total. The third-order valence-electron chi connectivity index (χ3n) is 3.20. The molecule has 0 saturated heterocycles. The molecule has 0 aliphatic carbocycles. The van der Waals surface area contributed by atoms with Crippen LogP contribution in [0, 0.1) is 5.82 Å². The Hall–Kier alpha value is -2.30. The summed E-state index contributed by atoms with van der Waals surface area (Å²) in [4.78, 5) is 15.8. The normalized spacial score (nSPS) is 10.6. The van der Waals surface area contributed by atoms with Crippen LogP contribution >= 0.6 is 0 Å². The molecule has 106 valence electrons. The molecule has 2 rings (SSSR count). The molecule has 0 fully saturated rings. The number of H-pyrrole nitrogens is 1.